The number of carbonyl (C=O) groups excluding carboxylic acids is 1. The second kappa shape index (κ2) is 8.25. The first-order valence-electron chi connectivity index (χ1n) is 9.35. The van der Waals surface area contributed by atoms with E-state index < -0.39 is 24.2 Å². The first-order chi connectivity index (χ1) is 14.8. The summed E-state index contributed by atoms with van der Waals surface area (Å²) in [5.74, 6) is 0.0183. The molecule has 1 aliphatic rings. The maximum atomic E-state index is 12.6. The lowest BCUT2D eigenvalue weighted by atomic mass is 9.97. The van der Waals surface area contributed by atoms with Gasteiger partial charge in [-0.25, -0.2) is 15.0 Å². The summed E-state index contributed by atoms with van der Waals surface area (Å²) < 4.78 is 52.1. The summed E-state index contributed by atoms with van der Waals surface area (Å²) in [4.78, 5) is 24.7. The number of pyridine rings is 2. The van der Waals surface area contributed by atoms with Crippen molar-refractivity contribution in [1.82, 2.24) is 20.3 Å². The number of hydrogen-bond donors (Lipinski definition) is 1. The van der Waals surface area contributed by atoms with Crippen LogP contribution in [0.1, 0.15) is 40.7 Å². The number of methoxy groups -OCH3 is 1. The van der Waals surface area contributed by atoms with Crippen LogP contribution in [-0.2, 0) is 6.42 Å². The molecule has 0 bridgehead atoms. The van der Waals surface area contributed by atoms with E-state index >= 15 is 0 Å². The van der Waals surface area contributed by atoms with Crippen LogP contribution in [0.4, 0.5) is 13.2 Å². The van der Waals surface area contributed by atoms with Gasteiger partial charge in [-0.1, -0.05) is 0 Å². The fourth-order valence-corrected chi connectivity index (χ4v) is 3.30. The molecule has 8 nitrogen and oxygen atoms in total. The van der Waals surface area contributed by atoms with Crippen molar-refractivity contribution < 1.29 is 31.9 Å². The summed E-state index contributed by atoms with van der Waals surface area (Å²) in [5, 5.41) is 2.79. The standard InChI is InChI=1S/C20H17F3N4O4/c1-29-15-10-12(6-8-24-15)19-27-14-4-2-3-13(17(14)30-19)26-18(28)11-5-7-25-16(9-11)31-20(21,22)23/h5-10,13H,2-4H2,1H3,(H,26,28). The molecule has 0 aromatic carbocycles. The zero-order valence-electron chi connectivity index (χ0n) is 16.3. The molecule has 0 saturated heterocycles. The Kier molecular flexibility index (Phi) is 5.49. The third-order valence-corrected chi connectivity index (χ3v) is 4.66. The largest absolute Gasteiger partial charge is 0.574 e. The van der Waals surface area contributed by atoms with Crippen LogP contribution in [0.3, 0.4) is 0 Å². The van der Waals surface area contributed by atoms with Crippen LogP contribution in [0.15, 0.2) is 41.1 Å². The maximum absolute atomic E-state index is 12.6. The fraction of sp³-hybridized carbons (Fsp3) is 0.300. The molecule has 1 atom stereocenters. The number of carbonyl (C=O) groups is 1. The van der Waals surface area contributed by atoms with E-state index in [9.17, 15) is 18.0 Å². The van der Waals surface area contributed by atoms with Gasteiger partial charge in [0, 0.05) is 35.7 Å². The second-order valence-electron chi connectivity index (χ2n) is 6.77. The van der Waals surface area contributed by atoms with Crippen LogP contribution in [0.2, 0.25) is 0 Å². The number of aryl methyl sites for hydroxylation is 1. The average Bonchev–Trinajstić information content (AvgIpc) is 3.18. The molecule has 162 valence electrons. The summed E-state index contributed by atoms with van der Waals surface area (Å²) in [6, 6.07) is 5.18. The number of nitrogens with zero attached hydrogens (tertiary/aromatic N) is 3. The quantitative estimate of drug-likeness (QED) is 0.651. The Bertz CT molecular complexity index is 1100. The van der Waals surface area contributed by atoms with Gasteiger partial charge in [-0.15, -0.1) is 13.2 Å². The maximum Gasteiger partial charge on any atom is 0.574 e. The molecule has 0 spiro atoms. The van der Waals surface area contributed by atoms with Gasteiger partial charge in [0.25, 0.3) is 5.91 Å². The van der Waals surface area contributed by atoms with Crippen molar-refractivity contribution in [1.29, 1.82) is 0 Å². The summed E-state index contributed by atoms with van der Waals surface area (Å²) in [7, 11) is 1.50. The highest BCUT2D eigenvalue weighted by Crippen LogP contribution is 2.34. The predicted molar refractivity (Wildman–Crippen MR) is 100 cm³/mol. The number of fused-ring (bicyclic) bond motifs is 1. The molecule has 31 heavy (non-hydrogen) atoms. The van der Waals surface area contributed by atoms with Crippen LogP contribution >= 0.6 is 0 Å². The van der Waals surface area contributed by atoms with Gasteiger partial charge in [0.15, 0.2) is 0 Å². The van der Waals surface area contributed by atoms with Crippen LogP contribution < -0.4 is 14.8 Å². The minimum absolute atomic E-state index is 0.0139. The molecule has 11 heteroatoms. The molecule has 3 aromatic rings. The van der Waals surface area contributed by atoms with Crippen LogP contribution in [0.25, 0.3) is 11.5 Å². The molecule has 4 rings (SSSR count). The van der Waals surface area contributed by atoms with Gasteiger partial charge < -0.3 is 19.2 Å². The first-order valence-corrected chi connectivity index (χ1v) is 9.35. The molecule has 1 aliphatic carbocycles. The lowest BCUT2D eigenvalue weighted by Crippen LogP contribution is -2.30. The normalized spacial score (nSPS) is 15.8. The van der Waals surface area contributed by atoms with Crippen LogP contribution in [0, 0.1) is 0 Å². The van der Waals surface area contributed by atoms with Crippen molar-refractivity contribution in [2.45, 2.75) is 31.7 Å². The Hall–Kier alpha value is -3.63. The number of ether oxygens (including phenoxy) is 2. The Morgan fingerprint density at radius 1 is 1.19 bits per heavy atom. The number of alkyl halides is 3. The zero-order valence-corrected chi connectivity index (χ0v) is 16.3. The van der Waals surface area contributed by atoms with E-state index in [2.05, 4.69) is 25.0 Å². The van der Waals surface area contributed by atoms with Crippen LogP contribution in [-0.4, -0.2) is 34.3 Å². The summed E-state index contributed by atoms with van der Waals surface area (Å²) in [6.45, 7) is 0. The molecule has 3 heterocycles. The van der Waals surface area contributed by atoms with Gasteiger partial charge in [0.1, 0.15) is 5.76 Å². The second-order valence-corrected chi connectivity index (χ2v) is 6.77. The zero-order chi connectivity index (χ0) is 22.0. The van der Waals surface area contributed by atoms with Gasteiger partial charge in [0.2, 0.25) is 17.7 Å². The fourth-order valence-electron chi connectivity index (χ4n) is 3.30. The van der Waals surface area contributed by atoms with Gasteiger partial charge in [-0.3, -0.25) is 4.79 Å². The van der Waals surface area contributed by atoms with Crippen molar-refractivity contribution in [2.24, 2.45) is 0 Å². The lowest BCUT2D eigenvalue weighted by molar-refractivity contribution is -0.276. The number of nitrogens with one attached hydrogen (secondary N) is 1. The van der Waals surface area contributed by atoms with E-state index in [1.54, 1.807) is 18.3 Å². The average molecular weight is 434 g/mol. The molecule has 0 aliphatic heterocycles. The van der Waals surface area contributed by atoms with E-state index in [1.807, 2.05) is 0 Å². The number of amides is 1. The van der Waals surface area contributed by atoms with Crippen molar-refractivity contribution >= 4 is 5.91 Å². The summed E-state index contributed by atoms with van der Waals surface area (Å²) in [6.07, 6.45) is -0.197. The minimum atomic E-state index is -4.90. The molecule has 0 saturated carbocycles. The van der Waals surface area contributed by atoms with E-state index in [0.717, 1.165) is 24.4 Å². The number of halogens is 3. The van der Waals surface area contributed by atoms with E-state index in [4.69, 9.17) is 9.15 Å². The summed E-state index contributed by atoms with van der Waals surface area (Å²) in [5.41, 5.74) is 1.38. The number of rotatable bonds is 5. The molecule has 0 radical (unpaired) electrons. The summed E-state index contributed by atoms with van der Waals surface area (Å²) >= 11 is 0. The first kappa shape index (κ1) is 20.6. The van der Waals surface area contributed by atoms with Crippen LogP contribution in [0.5, 0.6) is 11.8 Å². The highest BCUT2D eigenvalue weighted by molar-refractivity contribution is 5.94. The highest BCUT2D eigenvalue weighted by Gasteiger charge is 2.32. The van der Waals surface area contributed by atoms with E-state index in [0.29, 0.717) is 35.9 Å². The van der Waals surface area contributed by atoms with Crippen molar-refractivity contribution in [3.8, 4) is 23.2 Å². The third kappa shape index (κ3) is 4.76. The van der Waals surface area contributed by atoms with Crippen molar-refractivity contribution in [3.05, 3.63) is 53.7 Å². The molecule has 1 unspecified atom stereocenters. The third-order valence-electron chi connectivity index (χ3n) is 4.66. The Balaban J connectivity index is 1.54. The lowest BCUT2D eigenvalue weighted by Gasteiger charge is -2.21. The van der Waals surface area contributed by atoms with E-state index in [1.165, 1.54) is 13.2 Å². The SMILES string of the molecule is COc1cc(-c2nc3c(o2)C(NC(=O)c2ccnc(OC(F)(F)F)c2)CCC3)ccn1. The molecule has 1 amide bonds. The molecular weight excluding hydrogens is 417 g/mol. The van der Waals surface area contributed by atoms with Gasteiger partial charge in [-0.2, -0.15) is 0 Å². The Morgan fingerprint density at radius 3 is 2.74 bits per heavy atom. The molecule has 1 N–H and O–H groups in total. The van der Waals surface area contributed by atoms with Gasteiger partial charge in [-0.05, 0) is 31.4 Å². The monoisotopic (exact) mass is 434 g/mol. The molecule has 3 aromatic heterocycles. The van der Waals surface area contributed by atoms with E-state index in [-0.39, 0.29) is 5.56 Å². The van der Waals surface area contributed by atoms with Crippen molar-refractivity contribution in [3.63, 3.8) is 0 Å². The Morgan fingerprint density at radius 2 is 1.97 bits per heavy atom. The number of oxazole rings is 1. The van der Waals surface area contributed by atoms with Gasteiger partial charge in [0.05, 0.1) is 18.8 Å². The molecular formula is C20H17F3N4O4. The van der Waals surface area contributed by atoms with Gasteiger partial charge >= 0.3 is 6.36 Å². The number of hydrogen-bond acceptors (Lipinski definition) is 7. The number of aromatic nitrogens is 3. The Labute approximate surface area is 174 Å². The highest BCUT2D eigenvalue weighted by atomic mass is 19.4. The van der Waals surface area contributed by atoms with Crippen molar-refractivity contribution in [2.75, 3.05) is 7.11 Å². The molecule has 0 fully saturated rings. The topological polar surface area (TPSA) is 99.4 Å². The smallest absolute Gasteiger partial charge is 0.481 e. The predicted octanol–water partition coefficient (Wildman–Crippen LogP) is 3.85. The minimum Gasteiger partial charge on any atom is -0.481 e.